The van der Waals surface area contributed by atoms with Crippen molar-refractivity contribution >= 4 is 35.1 Å². The van der Waals surface area contributed by atoms with Gasteiger partial charge in [0.15, 0.2) is 5.43 Å². The van der Waals surface area contributed by atoms with Crippen molar-refractivity contribution in [1.82, 2.24) is 0 Å². The van der Waals surface area contributed by atoms with Crippen LogP contribution in [0.1, 0.15) is 56.3 Å². The van der Waals surface area contributed by atoms with Crippen molar-refractivity contribution in [2.24, 2.45) is 5.41 Å². The first-order chi connectivity index (χ1) is 18.5. The number of rotatable bonds is 6. The second-order valence-electron chi connectivity index (χ2n) is 11.7. The number of aryl methyl sites for hydroxylation is 1. The van der Waals surface area contributed by atoms with Gasteiger partial charge in [0, 0.05) is 29.9 Å². The Hall–Kier alpha value is -3.55. The topological polar surface area (TPSA) is 85.9 Å². The Morgan fingerprint density at radius 1 is 1.00 bits per heavy atom. The molecule has 0 bridgehead atoms. The van der Waals surface area contributed by atoms with E-state index in [1.807, 2.05) is 56.3 Å². The molecule has 0 amide bonds. The summed E-state index contributed by atoms with van der Waals surface area (Å²) in [6.07, 6.45) is 2.11. The molecule has 6 nitrogen and oxygen atoms in total. The summed E-state index contributed by atoms with van der Waals surface area (Å²) >= 11 is 0. The highest BCUT2D eigenvalue weighted by Gasteiger charge is 2.29. The first-order valence-corrected chi connectivity index (χ1v) is 13.7. The SMILES string of the molecule is Cc1cc([C@@H](C)Nc2ccccc2-c2ccc(B(O)O)cc2)c2oc(N3CCC(C)(C)CC3)c(C)c(=O)c2c1. The molecule has 0 saturated carbocycles. The molecule has 0 spiro atoms. The molecule has 0 unspecified atom stereocenters. The van der Waals surface area contributed by atoms with Crippen LogP contribution in [0.4, 0.5) is 11.6 Å². The van der Waals surface area contributed by atoms with E-state index < -0.39 is 7.12 Å². The van der Waals surface area contributed by atoms with E-state index in [1.54, 1.807) is 12.1 Å². The average Bonchev–Trinajstić information content (AvgIpc) is 2.91. The largest absolute Gasteiger partial charge is 0.488 e. The second-order valence-corrected chi connectivity index (χ2v) is 11.7. The van der Waals surface area contributed by atoms with Crippen LogP contribution >= 0.6 is 0 Å². The van der Waals surface area contributed by atoms with Crippen molar-refractivity contribution in [3.63, 3.8) is 0 Å². The molecule has 1 aliphatic rings. The lowest BCUT2D eigenvalue weighted by atomic mass is 9.80. The van der Waals surface area contributed by atoms with Crippen molar-refractivity contribution in [2.75, 3.05) is 23.3 Å². The first-order valence-electron chi connectivity index (χ1n) is 13.7. The monoisotopic (exact) mass is 524 g/mol. The van der Waals surface area contributed by atoms with Gasteiger partial charge in [-0.05, 0) is 67.8 Å². The van der Waals surface area contributed by atoms with Crippen LogP contribution in [0.25, 0.3) is 22.1 Å². The van der Waals surface area contributed by atoms with Gasteiger partial charge < -0.3 is 24.7 Å². The minimum Gasteiger partial charge on any atom is -0.440 e. The average molecular weight is 524 g/mol. The standard InChI is InChI=1S/C32H37BN2O4/c1-20-18-26(22(3)34-28-9-7-6-8-25(28)23-10-12-24(13-11-23)33(37)38)30-27(19-20)29(36)21(2)31(39-30)35-16-14-32(4,5)15-17-35/h6-13,18-19,22,34,37-38H,14-17H2,1-5H3/t22-/m1/s1. The Morgan fingerprint density at radius 3 is 2.33 bits per heavy atom. The van der Waals surface area contributed by atoms with E-state index in [1.165, 1.54) is 0 Å². The summed E-state index contributed by atoms with van der Waals surface area (Å²) in [4.78, 5) is 15.8. The summed E-state index contributed by atoms with van der Waals surface area (Å²) in [5.74, 6) is 0.687. The van der Waals surface area contributed by atoms with Crippen LogP contribution in [0.3, 0.4) is 0 Å². The van der Waals surface area contributed by atoms with Gasteiger partial charge in [0.05, 0.1) is 17.0 Å². The lowest BCUT2D eigenvalue weighted by molar-refractivity contribution is 0.274. The van der Waals surface area contributed by atoms with Crippen molar-refractivity contribution in [2.45, 2.75) is 53.5 Å². The first kappa shape index (κ1) is 27.0. The predicted octanol–water partition coefficient (Wildman–Crippen LogP) is 5.56. The van der Waals surface area contributed by atoms with Crippen LogP contribution in [0.5, 0.6) is 0 Å². The molecular weight excluding hydrogens is 487 g/mol. The minimum atomic E-state index is -1.50. The van der Waals surface area contributed by atoms with Gasteiger partial charge >= 0.3 is 7.12 Å². The van der Waals surface area contributed by atoms with Crippen LogP contribution in [-0.2, 0) is 0 Å². The van der Waals surface area contributed by atoms with Gasteiger partial charge in [0.25, 0.3) is 0 Å². The number of anilines is 2. The summed E-state index contributed by atoms with van der Waals surface area (Å²) in [6.45, 7) is 12.3. The summed E-state index contributed by atoms with van der Waals surface area (Å²) in [6, 6.07) is 19.1. The van der Waals surface area contributed by atoms with E-state index in [4.69, 9.17) is 4.42 Å². The molecule has 1 fully saturated rings. The third-order valence-electron chi connectivity index (χ3n) is 8.06. The molecule has 7 heteroatoms. The fourth-order valence-electron chi connectivity index (χ4n) is 5.50. The number of hydrogen-bond acceptors (Lipinski definition) is 6. The van der Waals surface area contributed by atoms with E-state index in [0.29, 0.717) is 33.3 Å². The molecule has 39 heavy (non-hydrogen) atoms. The van der Waals surface area contributed by atoms with Gasteiger partial charge in [-0.25, -0.2) is 0 Å². The Morgan fingerprint density at radius 2 is 1.67 bits per heavy atom. The van der Waals surface area contributed by atoms with Crippen molar-refractivity contribution in [1.29, 1.82) is 0 Å². The maximum atomic E-state index is 13.6. The summed E-state index contributed by atoms with van der Waals surface area (Å²) in [5.41, 5.74) is 6.91. The zero-order chi connectivity index (χ0) is 27.9. The van der Waals surface area contributed by atoms with E-state index in [9.17, 15) is 14.8 Å². The van der Waals surface area contributed by atoms with Crippen LogP contribution in [0, 0.1) is 19.3 Å². The summed E-state index contributed by atoms with van der Waals surface area (Å²) < 4.78 is 6.62. The van der Waals surface area contributed by atoms with E-state index in [2.05, 4.69) is 37.1 Å². The summed E-state index contributed by atoms with van der Waals surface area (Å²) in [7, 11) is -1.50. The Bertz CT molecular complexity index is 1550. The van der Waals surface area contributed by atoms with E-state index in [0.717, 1.165) is 53.9 Å². The molecule has 4 aromatic rings. The van der Waals surface area contributed by atoms with Crippen molar-refractivity contribution in [3.8, 4) is 11.1 Å². The molecular formula is C32H37BN2O4. The fraction of sp³-hybridized carbons (Fsp3) is 0.344. The number of benzene rings is 3. The maximum Gasteiger partial charge on any atom is 0.488 e. The van der Waals surface area contributed by atoms with Gasteiger partial charge in [-0.3, -0.25) is 4.79 Å². The number of hydrogen-bond donors (Lipinski definition) is 3. The smallest absolute Gasteiger partial charge is 0.440 e. The van der Waals surface area contributed by atoms with Crippen LogP contribution in [0.2, 0.25) is 0 Å². The molecule has 2 heterocycles. The third kappa shape index (κ3) is 5.47. The minimum absolute atomic E-state index is 0.0276. The van der Waals surface area contributed by atoms with Gasteiger partial charge in [-0.1, -0.05) is 62.4 Å². The fourth-order valence-corrected chi connectivity index (χ4v) is 5.50. The Kier molecular flexibility index (Phi) is 7.32. The summed E-state index contributed by atoms with van der Waals surface area (Å²) in [5, 5.41) is 23.2. The number of piperidine rings is 1. The maximum absolute atomic E-state index is 13.6. The quantitative estimate of drug-likeness (QED) is 0.287. The number of nitrogens with one attached hydrogen (secondary N) is 1. The van der Waals surface area contributed by atoms with Crippen LogP contribution in [0.15, 0.2) is 69.9 Å². The molecule has 1 atom stereocenters. The van der Waals surface area contributed by atoms with E-state index >= 15 is 0 Å². The molecule has 202 valence electrons. The number of fused-ring (bicyclic) bond motifs is 1. The number of para-hydroxylation sites is 1. The zero-order valence-electron chi connectivity index (χ0n) is 23.4. The Labute approximate surface area is 230 Å². The van der Waals surface area contributed by atoms with Crippen molar-refractivity contribution < 1.29 is 14.5 Å². The molecule has 1 aliphatic heterocycles. The predicted molar refractivity (Wildman–Crippen MR) is 161 cm³/mol. The van der Waals surface area contributed by atoms with E-state index in [-0.39, 0.29) is 11.5 Å². The normalized spacial score (nSPS) is 15.8. The Balaban J connectivity index is 1.53. The van der Waals surface area contributed by atoms with Gasteiger partial charge in [-0.15, -0.1) is 0 Å². The lowest BCUT2D eigenvalue weighted by Crippen LogP contribution is -2.38. The van der Waals surface area contributed by atoms with Gasteiger partial charge in [0.1, 0.15) is 5.58 Å². The third-order valence-corrected chi connectivity index (χ3v) is 8.06. The van der Waals surface area contributed by atoms with Crippen LogP contribution < -0.4 is 21.1 Å². The highest BCUT2D eigenvalue weighted by atomic mass is 16.4. The molecule has 3 N–H and O–H groups in total. The zero-order valence-corrected chi connectivity index (χ0v) is 23.4. The van der Waals surface area contributed by atoms with Gasteiger partial charge in [-0.2, -0.15) is 0 Å². The lowest BCUT2D eigenvalue weighted by Gasteiger charge is -2.37. The molecule has 0 radical (unpaired) electrons. The molecule has 0 aliphatic carbocycles. The molecule has 5 rings (SSSR count). The highest BCUT2D eigenvalue weighted by molar-refractivity contribution is 6.58. The van der Waals surface area contributed by atoms with Crippen molar-refractivity contribution in [3.05, 3.63) is 87.6 Å². The molecule has 1 aromatic heterocycles. The number of nitrogens with zero attached hydrogens (tertiary/aromatic N) is 1. The van der Waals surface area contributed by atoms with Gasteiger partial charge in [0.2, 0.25) is 5.88 Å². The highest BCUT2D eigenvalue weighted by Crippen LogP contribution is 2.37. The molecule has 3 aromatic carbocycles. The second kappa shape index (κ2) is 10.6. The van der Waals surface area contributed by atoms with Crippen LogP contribution in [-0.4, -0.2) is 30.3 Å². The molecule has 1 saturated heterocycles.